The van der Waals surface area contributed by atoms with Gasteiger partial charge in [-0.15, -0.1) is 0 Å². The molecule has 2 amide bonds. The molecule has 2 aromatic carbocycles. The van der Waals surface area contributed by atoms with Crippen LogP contribution < -0.4 is 10.6 Å². The second-order valence-corrected chi connectivity index (χ2v) is 9.39. The van der Waals surface area contributed by atoms with Crippen molar-refractivity contribution >= 4 is 29.2 Å². The zero-order chi connectivity index (χ0) is 27.5. The monoisotopic (exact) mass is 525 g/mol. The minimum atomic E-state index is -4.52. The SMILES string of the molecule is CCCC1(CC(=O)O)CCc2cc(-c3ccc(NC(=O)Nc4cccc(C(F)(F)F)c4)cn3)ccc2C1=O. The van der Waals surface area contributed by atoms with Crippen LogP contribution in [0.1, 0.15) is 54.1 Å². The predicted octanol–water partition coefficient (Wildman–Crippen LogP) is 6.80. The van der Waals surface area contributed by atoms with Crippen LogP contribution in [-0.2, 0) is 17.4 Å². The lowest BCUT2D eigenvalue weighted by Gasteiger charge is -2.35. The van der Waals surface area contributed by atoms with E-state index in [2.05, 4.69) is 15.6 Å². The van der Waals surface area contributed by atoms with E-state index in [0.29, 0.717) is 42.6 Å². The highest BCUT2D eigenvalue weighted by atomic mass is 19.4. The standard InChI is InChI=1S/C28H26F3N3O4/c1-2-11-27(15-24(35)36)12-10-17-13-18(6-8-22(17)25(27)37)23-9-7-21(16-32-23)34-26(38)33-20-5-3-4-19(14-20)28(29,30)31/h3-9,13-14,16H,2,10-12,15H2,1H3,(H,35,36)(H2,33,34,38). The average molecular weight is 526 g/mol. The van der Waals surface area contributed by atoms with Crippen LogP contribution in [0.25, 0.3) is 11.3 Å². The molecule has 3 aromatic rings. The molecular weight excluding hydrogens is 499 g/mol. The molecule has 1 heterocycles. The zero-order valence-corrected chi connectivity index (χ0v) is 20.6. The number of carboxylic acids is 1. The van der Waals surface area contributed by atoms with Gasteiger partial charge in [0.2, 0.25) is 0 Å². The molecule has 1 aliphatic carbocycles. The first kappa shape index (κ1) is 26.8. The third-order valence-corrected chi connectivity index (χ3v) is 6.69. The number of aromatic nitrogens is 1. The number of carbonyl (C=O) groups excluding carboxylic acids is 2. The largest absolute Gasteiger partial charge is 0.481 e. The van der Waals surface area contributed by atoms with Crippen LogP contribution in [0.15, 0.2) is 60.8 Å². The van der Waals surface area contributed by atoms with Crippen molar-refractivity contribution in [2.24, 2.45) is 5.41 Å². The van der Waals surface area contributed by atoms with Crippen LogP contribution in [0.2, 0.25) is 0 Å². The summed E-state index contributed by atoms with van der Waals surface area (Å²) in [6.07, 6.45) is -0.985. The first-order valence-electron chi connectivity index (χ1n) is 12.1. The van der Waals surface area contributed by atoms with Gasteiger partial charge in [0.25, 0.3) is 0 Å². The molecule has 1 unspecified atom stereocenters. The maximum atomic E-state index is 13.3. The van der Waals surface area contributed by atoms with E-state index in [9.17, 15) is 32.7 Å². The van der Waals surface area contributed by atoms with Crippen LogP contribution in [0.3, 0.4) is 0 Å². The molecule has 10 heteroatoms. The summed E-state index contributed by atoms with van der Waals surface area (Å²) >= 11 is 0. The number of halogens is 3. The highest BCUT2D eigenvalue weighted by molar-refractivity contribution is 6.04. The van der Waals surface area contributed by atoms with Crippen molar-refractivity contribution in [2.75, 3.05) is 10.6 Å². The summed E-state index contributed by atoms with van der Waals surface area (Å²) in [6, 6.07) is 12.2. The van der Waals surface area contributed by atoms with Gasteiger partial charge in [-0.05, 0) is 61.2 Å². The zero-order valence-electron chi connectivity index (χ0n) is 20.6. The van der Waals surface area contributed by atoms with Gasteiger partial charge in [0.05, 0.1) is 29.6 Å². The number of alkyl halides is 3. The van der Waals surface area contributed by atoms with E-state index < -0.39 is 29.2 Å². The minimum Gasteiger partial charge on any atom is -0.481 e. The molecule has 0 fully saturated rings. The third kappa shape index (κ3) is 5.85. The van der Waals surface area contributed by atoms with E-state index in [0.717, 1.165) is 23.3 Å². The Morgan fingerprint density at radius 2 is 1.82 bits per heavy atom. The van der Waals surface area contributed by atoms with Gasteiger partial charge in [-0.1, -0.05) is 31.5 Å². The number of aryl methyl sites for hydroxylation is 1. The number of carbonyl (C=O) groups is 3. The lowest BCUT2D eigenvalue weighted by atomic mass is 9.66. The summed E-state index contributed by atoms with van der Waals surface area (Å²) in [5, 5.41) is 14.3. The molecular formula is C28H26F3N3O4. The molecule has 3 N–H and O–H groups in total. The van der Waals surface area contributed by atoms with Crippen molar-refractivity contribution in [1.82, 2.24) is 4.98 Å². The number of nitrogens with one attached hydrogen (secondary N) is 2. The normalized spacial score (nSPS) is 17.0. The quantitative estimate of drug-likeness (QED) is 0.314. The van der Waals surface area contributed by atoms with Gasteiger partial charge in [0, 0.05) is 22.2 Å². The van der Waals surface area contributed by atoms with Crippen molar-refractivity contribution in [3.63, 3.8) is 0 Å². The fourth-order valence-corrected chi connectivity index (χ4v) is 4.92. The molecule has 4 rings (SSSR count). The fraction of sp³-hybridized carbons (Fsp3) is 0.286. The van der Waals surface area contributed by atoms with Gasteiger partial charge in [-0.2, -0.15) is 13.2 Å². The molecule has 0 aliphatic heterocycles. The number of fused-ring (bicyclic) bond motifs is 1. The maximum Gasteiger partial charge on any atom is 0.416 e. The van der Waals surface area contributed by atoms with Crippen LogP contribution >= 0.6 is 0 Å². The Balaban J connectivity index is 1.45. The second kappa shape index (κ2) is 10.6. The number of Topliss-reactive ketones (excluding diaryl/α,β-unsaturated/α-hetero) is 1. The maximum absolute atomic E-state index is 13.3. The lowest BCUT2D eigenvalue weighted by molar-refractivity contribution is -0.139. The van der Waals surface area contributed by atoms with E-state index in [1.165, 1.54) is 18.3 Å². The van der Waals surface area contributed by atoms with E-state index in [-0.39, 0.29) is 17.9 Å². The number of nitrogens with zero attached hydrogens (tertiary/aromatic N) is 1. The second-order valence-electron chi connectivity index (χ2n) is 9.39. The number of urea groups is 1. The molecule has 7 nitrogen and oxygen atoms in total. The highest BCUT2D eigenvalue weighted by Gasteiger charge is 2.43. The Labute approximate surface area is 217 Å². The first-order valence-corrected chi connectivity index (χ1v) is 12.1. The van der Waals surface area contributed by atoms with Crippen molar-refractivity contribution in [3.8, 4) is 11.3 Å². The molecule has 1 aliphatic rings. The smallest absolute Gasteiger partial charge is 0.416 e. The van der Waals surface area contributed by atoms with E-state index >= 15 is 0 Å². The van der Waals surface area contributed by atoms with Crippen molar-refractivity contribution < 1.29 is 32.7 Å². The van der Waals surface area contributed by atoms with E-state index in [1.807, 2.05) is 13.0 Å². The van der Waals surface area contributed by atoms with Crippen LogP contribution in [0.5, 0.6) is 0 Å². The fourth-order valence-electron chi connectivity index (χ4n) is 4.92. The third-order valence-electron chi connectivity index (χ3n) is 6.69. The molecule has 1 aromatic heterocycles. The molecule has 0 saturated heterocycles. The summed E-state index contributed by atoms with van der Waals surface area (Å²) < 4.78 is 38.6. The summed E-state index contributed by atoms with van der Waals surface area (Å²) in [7, 11) is 0. The number of pyridine rings is 1. The minimum absolute atomic E-state index is 0.00294. The number of rotatable bonds is 7. The van der Waals surface area contributed by atoms with Crippen molar-refractivity contribution in [2.45, 2.75) is 45.2 Å². The summed E-state index contributed by atoms with van der Waals surface area (Å²) in [5.41, 5.74) is 1.33. The molecule has 198 valence electrons. The van der Waals surface area contributed by atoms with Gasteiger partial charge in [0.15, 0.2) is 5.78 Å². The Bertz CT molecular complexity index is 1370. The molecule has 38 heavy (non-hydrogen) atoms. The Morgan fingerprint density at radius 1 is 1.05 bits per heavy atom. The number of ketones is 1. The first-order chi connectivity index (χ1) is 18.0. The van der Waals surface area contributed by atoms with E-state index in [4.69, 9.17) is 0 Å². The number of benzene rings is 2. The topological polar surface area (TPSA) is 108 Å². The van der Waals surface area contributed by atoms with Crippen LogP contribution in [0, 0.1) is 5.41 Å². The average Bonchev–Trinajstić information content (AvgIpc) is 2.86. The molecule has 0 spiro atoms. The predicted molar refractivity (Wildman–Crippen MR) is 136 cm³/mol. The molecule has 0 radical (unpaired) electrons. The number of hydrogen-bond acceptors (Lipinski definition) is 4. The Morgan fingerprint density at radius 3 is 2.47 bits per heavy atom. The van der Waals surface area contributed by atoms with Crippen LogP contribution in [0.4, 0.5) is 29.3 Å². The number of hydrogen-bond donors (Lipinski definition) is 3. The van der Waals surface area contributed by atoms with Crippen molar-refractivity contribution in [1.29, 1.82) is 0 Å². The van der Waals surface area contributed by atoms with Crippen LogP contribution in [-0.4, -0.2) is 27.9 Å². The Hall–Kier alpha value is -4.21. The van der Waals surface area contributed by atoms with Gasteiger partial charge in [-0.25, -0.2) is 4.79 Å². The number of amides is 2. The van der Waals surface area contributed by atoms with Crippen molar-refractivity contribution in [3.05, 3.63) is 77.5 Å². The molecule has 0 bridgehead atoms. The Kier molecular flexibility index (Phi) is 7.52. The molecule has 0 saturated carbocycles. The lowest BCUT2D eigenvalue weighted by Crippen LogP contribution is -2.38. The van der Waals surface area contributed by atoms with Gasteiger partial charge in [0.1, 0.15) is 0 Å². The van der Waals surface area contributed by atoms with E-state index in [1.54, 1.807) is 24.3 Å². The van der Waals surface area contributed by atoms with Gasteiger partial charge in [-0.3, -0.25) is 14.6 Å². The highest BCUT2D eigenvalue weighted by Crippen LogP contribution is 2.43. The number of carboxylic acid groups (broad SMARTS) is 1. The number of aliphatic carboxylic acids is 1. The van der Waals surface area contributed by atoms with Gasteiger partial charge < -0.3 is 15.7 Å². The number of anilines is 2. The summed E-state index contributed by atoms with van der Waals surface area (Å²) in [6.45, 7) is 1.94. The summed E-state index contributed by atoms with van der Waals surface area (Å²) in [5.74, 6) is -1.11. The summed E-state index contributed by atoms with van der Waals surface area (Å²) in [4.78, 5) is 41.3. The molecule has 1 atom stereocenters. The van der Waals surface area contributed by atoms with Gasteiger partial charge >= 0.3 is 18.2 Å².